The summed E-state index contributed by atoms with van der Waals surface area (Å²) in [5, 5.41) is 14.6. The lowest BCUT2D eigenvalue weighted by molar-refractivity contribution is -0.120. The molecule has 0 radical (unpaired) electrons. The number of rotatable bonds is 3. The fourth-order valence-electron chi connectivity index (χ4n) is 4.95. The first-order valence-corrected chi connectivity index (χ1v) is 10.8. The number of fused-ring (bicyclic) bond motifs is 6. The maximum absolute atomic E-state index is 13.5. The van der Waals surface area contributed by atoms with Gasteiger partial charge in [0.2, 0.25) is 0 Å². The van der Waals surface area contributed by atoms with E-state index in [1.165, 1.54) is 11.1 Å². The van der Waals surface area contributed by atoms with Gasteiger partial charge in [0, 0.05) is 23.9 Å². The van der Waals surface area contributed by atoms with Crippen LogP contribution in [-0.2, 0) is 4.79 Å². The average molecular weight is 435 g/mol. The Balaban J connectivity index is 1.48. The number of likely N-dealkylation sites (tertiary alicyclic amines) is 1. The predicted molar refractivity (Wildman–Crippen MR) is 119 cm³/mol. The molecule has 1 aromatic heterocycles. The largest absolute Gasteiger partial charge is 0.362 e. The zero-order chi connectivity index (χ0) is 21.9. The van der Waals surface area contributed by atoms with Gasteiger partial charge in [-0.15, -0.1) is 0 Å². The number of urea groups is 1. The molecule has 1 aromatic carbocycles. The van der Waals surface area contributed by atoms with Crippen LogP contribution in [0.3, 0.4) is 0 Å². The minimum atomic E-state index is -0.556. The molecule has 3 amide bonds. The first-order valence-electron chi connectivity index (χ1n) is 10.4. The summed E-state index contributed by atoms with van der Waals surface area (Å²) in [5.41, 5.74) is 0.692. The van der Waals surface area contributed by atoms with E-state index in [2.05, 4.69) is 35.1 Å². The number of nitrogens with one attached hydrogen (secondary N) is 1. The summed E-state index contributed by atoms with van der Waals surface area (Å²) in [6.45, 7) is 5.62. The number of nitriles is 1. The Morgan fingerprint density at radius 2 is 2.06 bits per heavy atom. The van der Waals surface area contributed by atoms with Crippen molar-refractivity contribution in [2.24, 2.45) is 5.92 Å². The molecule has 9 heteroatoms. The number of imide groups is 1. The molecule has 5 rings (SSSR count). The van der Waals surface area contributed by atoms with Crippen LogP contribution in [0, 0.1) is 17.2 Å². The number of carbonyl (C=O) groups is 2. The number of pyridine rings is 1. The Kier molecular flexibility index (Phi) is 4.55. The second-order valence-electron chi connectivity index (χ2n) is 8.65. The van der Waals surface area contributed by atoms with Crippen molar-refractivity contribution in [1.82, 2.24) is 20.1 Å². The lowest BCUT2D eigenvalue weighted by Gasteiger charge is -2.36. The molecule has 0 spiro atoms. The number of aromatic nitrogens is 1. The van der Waals surface area contributed by atoms with Crippen LogP contribution < -0.4 is 10.2 Å². The number of thiocarbonyl (C=S) groups is 1. The molecule has 158 valence electrons. The monoisotopic (exact) mass is 434 g/mol. The van der Waals surface area contributed by atoms with Gasteiger partial charge in [0.05, 0.1) is 24.0 Å². The molecule has 8 nitrogen and oxygen atoms in total. The van der Waals surface area contributed by atoms with Gasteiger partial charge in [-0.25, -0.2) is 14.7 Å². The van der Waals surface area contributed by atoms with Crippen molar-refractivity contribution in [3.63, 3.8) is 0 Å². The normalized spacial score (nSPS) is 24.3. The third kappa shape index (κ3) is 2.86. The van der Waals surface area contributed by atoms with E-state index in [0.29, 0.717) is 34.0 Å². The minimum Gasteiger partial charge on any atom is -0.362 e. The number of hydrogen-bond donors (Lipinski definition) is 1. The summed E-state index contributed by atoms with van der Waals surface area (Å²) >= 11 is 5.58. The van der Waals surface area contributed by atoms with Gasteiger partial charge in [-0.2, -0.15) is 5.26 Å². The van der Waals surface area contributed by atoms with Gasteiger partial charge < -0.3 is 15.1 Å². The predicted octanol–water partition coefficient (Wildman–Crippen LogP) is 2.23. The number of nitrogens with zero attached hydrogens (tertiary/aromatic N) is 5. The molecule has 3 fully saturated rings. The zero-order valence-corrected chi connectivity index (χ0v) is 18.1. The van der Waals surface area contributed by atoms with Crippen LogP contribution in [0.1, 0.15) is 26.0 Å². The van der Waals surface area contributed by atoms with Crippen LogP contribution in [0.25, 0.3) is 10.8 Å². The molecule has 3 atom stereocenters. The molecular formula is C22H22N6O2S. The Labute approximate surface area is 185 Å². The maximum atomic E-state index is 13.5. The van der Waals surface area contributed by atoms with E-state index < -0.39 is 6.04 Å². The van der Waals surface area contributed by atoms with Crippen molar-refractivity contribution in [1.29, 1.82) is 5.26 Å². The summed E-state index contributed by atoms with van der Waals surface area (Å²) < 4.78 is 0. The molecule has 0 saturated carbocycles. The van der Waals surface area contributed by atoms with Gasteiger partial charge in [-0.3, -0.25) is 4.79 Å². The van der Waals surface area contributed by atoms with Crippen LogP contribution in [0.5, 0.6) is 0 Å². The van der Waals surface area contributed by atoms with Gasteiger partial charge in [-0.05, 0) is 24.6 Å². The van der Waals surface area contributed by atoms with Crippen molar-refractivity contribution in [2.75, 3.05) is 18.0 Å². The quantitative estimate of drug-likeness (QED) is 0.585. The molecule has 2 aromatic rings. The van der Waals surface area contributed by atoms with E-state index in [-0.39, 0.29) is 29.7 Å². The van der Waals surface area contributed by atoms with E-state index in [9.17, 15) is 14.9 Å². The molecule has 3 saturated heterocycles. The number of piperazine rings is 1. The highest BCUT2D eigenvalue weighted by Crippen LogP contribution is 2.43. The zero-order valence-electron chi connectivity index (χ0n) is 17.3. The summed E-state index contributed by atoms with van der Waals surface area (Å²) in [7, 11) is 0. The molecule has 31 heavy (non-hydrogen) atoms. The third-order valence-corrected chi connectivity index (χ3v) is 6.69. The smallest absolute Gasteiger partial charge is 0.332 e. The number of benzene rings is 1. The first-order chi connectivity index (χ1) is 14.9. The summed E-state index contributed by atoms with van der Waals surface area (Å²) in [6, 6.07) is 8.24. The topological polar surface area (TPSA) is 92.6 Å². The lowest BCUT2D eigenvalue weighted by Crippen LogP contribution is -2.57. The minimum absolute atomic E-state index is 0.0483. The van der Waals surface area contributed by atoms with Crippen molar-refractivity contribution < 1.29 is 9.59 Å². The highest BCUT2D eigenvalue weighted by atomic mass is 32.1. The van der Waals surface area contributed by atoms with Crippen LogP contribution in [-0.4, -0.2) is 63.0 Å². The molecule has 2 bridgehead atoms. The Morgan fingerprint density at radius 1 is 1.32 bits per heavy atom. The second kappa shape index (κ2) is 7.17. The molecule has 1 N–H and O–H groups in total. The molecule has 0 aliphatic carbocycles. The van der Waals surface area contributed by atoms with Crippen molar-refractivity contribution >= 4 is 45.7 Å². The standard InChI is InChI=1S/C22H22N6O2S/c1-12(2)9-25-21(31)26-11-13-7-17(26)19-20(29)28(22(30)27(13)19)18-10-24-16(8-23)14-5-3-4-6-15(14)18/h3-6,10,12-13,17,19H,7,9,11H2,1-2H3,(H,25,31)/t13-,17?,19-/m1/s1. The number of anilines is 1. The molecule has 3 aliphatic heterocycles. The van der Waals surface area contributed by atoms with E-state index in [1.54, 1.807) is 11.0 Å². The van der Waals surface area contributed by atoms with E-state index in [0.717, 1.165) is 13.0 Å². The molecular weight excluding hydrogens is 412 g/mol. The highest BCUT2D eigenvalue weighted by molar-refractivity contribution is 7.80. The fraction of sp³-hybridized carbons (Fsp3) is 0.409. The number of amides is 3. The van der Waals surface area contributed by atoms with Gasteiger partial charge >= 0.3 is 6.03 Å². The first kappa shape index (κ1) is 19.7. The van der Waals surface area contributed by atoms with E-state index in [4.69, 9.17) is 12.2 Å². The maximum Gasteiger partial charge on any atom is 0.332 e. The Hall–Kier alpha value is -3.25. The summed E-state index contributed by atoms with van der Waals surface area (Å²) in [6.07, 6.45) is 2.19. The summed E-state index contributed by atoms with van der Waals surface area (Å²) in [5.74, 6) is 0.196. The van der Waals surface area contributed by atoms with Crippen molar-refractivity contribution in [2.45, 2.75) is 38.4 Å². The highest BCUT2D eigenvalue weighted by Gasteiger charge is 2.62. The van der Waals surface area contributed by atoms with E-state index >= 15 is 0 Å². The SMILES string of the molecule is CC(C)CNC(=S)N1C[C@H]2CC1[C@@H]1C(=O)N(c3cnc(C#N)c4ccccc34)C(=O)N21. The fourth-order valence-corrected chi connectivity index (χ4v) is 5.24. The van der Waals surface area contributed by atoms with Crippen LogP contribution in [0.4, 0.5) is 10.5 Å². The van der Waals surface area contributed by atoms with Gasteiger partial charge in [0.1, 0.15) is 17.8 Å². The van der Waals surface area contributed by atoms with Crippen LogP contribution in [0.2, 0.25) is 0 Å². The average Bonchev–Trinajstić information content (AvgIpc) is 3.43. The van der Waals surface area contributed by atoms with Crippen LogP contribution >= 0.6 is 12.2 Å². The second-order valence-corrected chi connectivity index (χ2v) is 9.03. The van der Waals surface area contributed by atoms with Gasteiger partial charge in [-0.1, -0.05) is 38.1 Å². The summed E-state index contributed by atoms with van der Waals surface area (Å²) in [4.78, 5) is 36.1. The molecule has 3 aliphatic rings. The molecule has 1 unspecified atom stereocenters. The number of hydrogen-bond acceptors (Lipinski definition) is 5. The van der Waals surface area contributed by atoms with Gasteiger partial charge in [0.25, 0.3) is 5.91 Å². The third-order valence-electron chi connectivity index (χ3n) is 6.31. The Bertz CT molecular complexity index is 1160. The molecule has 4 heterocycles. The van der Waals surface area contributed by atoms with Gasteiger partial charge in [0.15, 0.2) is 5.11 Å². The Morgan fingerprint density at radius 3 is 2.77 bits per heavy atom. The van der Waals surface area contributed by atoms with Crippen molar-refractivity contribution in [3.05, 3.63) is 36.2 Å². The number of carbonyl (C=O) groups excluding carboxylic acids is 2. The lowest BCUT2D eigenvalue weighted by atomic mass is 10.1. The van der Waals surface area contributed by atoms with Crippen molar-refractivity contribution in [3.8, 4) is 6.07 Å². The van der Waals surface area contributed by atoms with E-state index in [1.807, 2.05) is 18.2 Å². The van der Waals surface area contributed by atoms with Crippen LogP contribution in [0.15, 0.2) is 30.5 Å².